The minimum absolute atomic E-state index is 0.305. The van der Waals surface area contributed by atoms with Crippen LogP contribution in [-0.4, -0.2) is 5.11 Å². The highest BCUT2D eigenvalue weighted by atomic mass is 127. The number of halogens is 1. The predicted molar refractivity (Wildman–Crippen MR) is 117 cm³/mol. The van der Waals surface area contributed by atoms with Crippen LogP contribution in [0.4, 0.5) is 0 Å². The molecule has 0 spiro atoms. The summed E-state index contributed by atoms with van der Waals surface area (Å²) in [7, 11) is 0. The van der Waals surface area contributed by atoms with Crippen molar-refractivity contribution in [3.63, 3.8) is 0 Å². The van der Waals surface area contributed by atoms with Crippen LogP contribution in [0.1, 0.15) is 0 Å². The van der Waals surface area contributed by atoms with Crippen LogP contribution in [0.25, 0.3) is 33.4 Å². The van der Waals surface area contributed by atoms with Crippen molar-refractivity contribution in [2.45, 2.75) is 0 Å². The lowest BCUT2D eigenvalue weighted by atomic mass is 9.87. The molecule has 0 saturated carbocycles. The number of phenolic OH excluding ortho intramolecular Hbond substituents is 1. The molecule has 0 radical (unpaired) electrons. The van der Waals surface area contributed by atoms with Crippen LogP contribution < -0.4 is 0 Å². The molecule has 26 heavy (non-hydrogen) atoms. The van der Waals surface area contributed by atoms with Gasteiger partial charge in [-0.05, 0) is 45.3 Å². The van der Waals surface area contributed by atoms with E-state index in [2.05, 4.69) is 59.0 Å². The minimum atomic E-state index is 0.305. The van der Waals surface area contributed by atoms with Crippen molar-refractivity contribution >= 4 is 22.6 Å². The molecule has 0 aliphatic rings. The van der Waals surface area contributed by atoms with Crippen LogP contribution in [0.5, 0.6) is 5.75 Å². The summed E-state index contributed by atoms with van der Waals surface area (Å²) in [5.41, 5.74) is 6.34. The van der Waals surface area contributed by atoms with Gasteiger partial charge in [0.1, 0.15) is 5.75 Å². The molecule has 0 aliphatic carbocycles. The molecule has 1 nitrogen and oxygen atoms in total. The quantitative estimate of drug-likeness (QED) is 0.335. The molecule has 0 aliphatic heterocycles. The summed E-state index contributed by atoms with van der Waals surface area (Å²) in [6.45, 7) is 0. The Morgan fingerprint density at radius 3 is 1.35 bits per heavy atom. The van der Waals surface area contributed by atoms with E-state index in [4.69, 9.17) is 0 Å². The zero-order valence-corrected chi connectivity index (χ0v) is 16.2. The molecule has 0 bridgehead atoms. The molecule has 0 heterocycles. The van der Waals surface area contributed by atoms with Crippen LogP contribution in [0.15, 0.2) is 97.1 Å². The molecular formula is C24H17IO. The Morgan fingerprint density at radius 2 is 0.885 bits per heavy atom. The van der Waals surface area contributed by atoms with Crippen molar-refractivity contribution in [3.8, 4) is 39.1 Å². The van der Waals surface area contributed by atoms with E-state index in [1.54, 1.807) is 0 Å². The summed E-state index contributed by atoms with van der Waals surface area (Å²) >= 11 is 2.32. The Kier molecular flexibility index (Phi) is 4.76. The number of hydrogen-bond acceptors (Lipinski definition) is 1. The number of aromatic hydroxyl groups is 1. The third-order valence-corrected chi connectivity index (χ3v) is 5.30. The summed E-state index contributed by atoms with van der Waals surface area (Å²) in [5, 5.41) is 10.9. The van der Waals surface area contributed by atoms with Gasteiger partial charge in [0.2, 0.25) is 0 Å². The first-order chi connectivity index (χ1) is 12.8. The lowest BCUT2D eigenvalue weighted by Gasteiger charge is -2.19. The molecule has 0 saturated heterocycles. The molecule has 4 rings (SSSR count). The van der Waals surface area contributed by atoms with Gasteiger partial charge < -0.3 is 5.11 Å². The van der Waals surface area contributed by atoms with Crippen molar-refractivity contribution in [1.82, 2.24) is 0 Å². The molecule has 4 aromatic rings. The summed E-state index contributed by atoms with van der Waals surface area (Å²) in [4.78, 5) is 0. The van der Waals surface area contributed by atoms with Crippen molar-refractivity contribution in [3.05, 3.63) is 101 Å². The van der Waals surface area contributed by atoms with Gasteiger partial charge in [-0.25, -0.2) is 0 Å². The molecule has 0 amide bonds. The normalized spacial score (nSPS) is 10.7. The first-order valence-electron chi connectivity index (χ1n) is 8.47. The smallest absolute Gasteiger partial charge is 0.125 e. The molecule has 0 unspecified atom stereocenters. The van der Waals surface area contributed by atoms with Gasteiger partial charge >= 0.3 is 0 Å². The summed E-state index contributed by atoms with van der Waals surface area (Å²) in [6, 6.07) is 32.6. The highest BCUT2D eigenvalue weighted by molar-refractivity contribution is 14.1. The topological polar surface area (TPSA) is 20.2 Å². The predicted octanol–water partition coefficient (Wildman–Crippen LogP) is 7.00. The van der Waals surface area contributed by atoms with Crippen molar-refractivity contribution in [1.29, 1.82) is 0 Å². The average molecular weight is 448 g/mol. The second-order valence-electron chi connectivity index (χ2n) is 6.10. The second kappa shape index (κ2) is 7.34. The lowest BCUT2D eigenvalue weighted by Crippen LogP contribution is -1.94. The molecule has 0 aromatic heterocycles. The highest BCUT2D eigenvalue weighted by Crippen LogP contribution is 2.46. The van der Waals surface area contributed by atoms with Gasteiger partial charge in [0, 0.05) is 20.3 Å². The maximum Gasteiger partial charge on any atom is 0.125 e. The van der Waals surface area contributed by atoms with Crippen LogP contribution in [0, 0.1) is 3.57 Å². The number of rotatable bonds is 3. The van der Waals surface area contributed by atoms with E-state index in [9.17, 15) is 5.11 Å². The second-order valence-corrected chi connectivity index (χ2v) is 7.26. The van der Waals surface area contributed by atoms with Crippen molar-refractivity contribution < 1.29 is 5.11 Å². The first-order valence-corrected chi connectivity index (χ1v) is 9.55. The highest BCUT2D eigenvalue weighted by Gasteiger charge is 2.20. The van der Waals surface area contributed by atoms with Crippen molar-refractivity contribution in [2.75, 3.05) is 0 Å². The standard InChI is InChI=1S/C24H17IO/c25-20-16-21(26)23(18-12-6-2-7-13-18)24(19-14-8-3-9-15-19)22(20)17-10-4-1-5-11-17/h1-16,26H. The van der Waals surface area contributed by atoms with E-state index in [0.717, 1.165) is 37.0 Å². The van der Waals surface area contributed by atoms with Crippen LogP contribution in [0.3, 0.4) is 0 Å². The monoisotopic (exact) mass is 448 g/mol. The third-order valence-electron chi connectivity index (χ3n) is 4.45. The Bertz CT molecular complexity index is 962. The minimum Gasteiger partial charge on any atom is -0.507 e. The largest absolute Gasteiger partial charge is 0.507 e. The maximum atomic E-state index is 10.9. The van der Waals surface area contributed by atoms with Crippen LogP contribution >= 0.6 is 22.6 Å². The first kappa shape index (κ1) is 16.9. The zero-order valence-electron chi connectivity index (χ0n) is 14.1. The van der Waals surface area contributed by atoms with E-state index < -0.39 is 0 Å². The van der Waals surface area contributed by atoms with Crippen molar-refractivity contribution in [2.24, 2.45) is 0 Å². The summed E-state index contributed by atoms with van der Waals surface area (Å²) < 4.78 is 1.03. The molecule has 1 N–H and O–H groups in total. The fourth-order valence-electron chi connectivity index (χ4n) is 3.31. The Hall–Kier alpha value is -2.59. The average Bonchev–Trinajstić information content (AvgIpc) is 2.69. The van der Waals surface area contributed by atoms with E-state index in [1.807, 2.05) is 60.7 Å². The zero-order chi connectivity index (χ0) is 17.9. The van der Waals surface area contributed by atoms with Gasteiger partial charge in [0.05, 0.1) is 0 Å². The van der Waals surface area contributed by atoms with Crippen LogP contribution in [-0.2, 0) is 0 Å². The van der Waals surface area contributed by atoms with E-state index >= 15 is 0 Å². The lowest BCUT2D eigenvalue weighted by molar-refractivity contribution is 0.477. The number of hydrogen-bond donors (Lipinski definition) is 1. The Morgan fingerprint density at radius 1 is 0.500 bits per heavy atom. The molecule has 2 heteroatoms. The van der Waals surface area contributed by atoms with Gasteiger partial charge in [-0.15, -0.1) is 0 Å². The fraction of sp³-hybridized carbons (Fsp3) is 0. The molecule has 0 atom stereocenters. The van der Waals surface area contributed by atoms with E-state index in [0.29, 0.717) is 5.75 Å². The molecule has 0 fully saturated rings. The van der Waals surface area contributed by atoms with Gasteiger partial charge in [0.15, 0.2) is 0 Å². The Balaban J connectivity index is 2.13. The number of phenols is 1. The number of benzene rings is 4. The van der Waals surface area contributed by atoms with E-state index in [1.165, 1.54) is 0 Å². The molecule has 4 aromatic carbocycles. The summed E-state index contributed by atoms with van der Waals surface area (Å²) in [6.07, 6.45) is 0. The maximum absolute atomic E-state index is 10.9. The van der Waals surface area contributed by atoms with Crippen LogP contribution in [0.2, 0.25) is 0 Å². The summed E-state index contributed by atoms with van der Waals surface area (Å²) in [5.74, 6) is 0.305. The van der Waals surface area contributed by atoms with Gasteiger partial charge in [-0.2, -0.15) is 0 Å². The van der Waals surface area contributed by atoms with Gasteiger partial charge in [-0.1, -0.05) is 91.0 Å². The van der Waals surface area contributed by atoms with Gasteiger partial charge in [0.25, 0.3) is 0 Å². The molecular weight excluding hydrogens is 431 g/mol. The fourth-order valence-corrected chi connectivity index (χ4v) is 4.19. The van der Waals surface area contributed by atoms with Gasteiger partial charge in [-0.3, -0.25) is 0 Å². The third kappa shape index (κ3) is 3.13. The molecule has 126 valence electrons. The van der Waals surface area contributed by atoms with E-state index in [-0.39, 0.29) is 0 Å². The SMILES string of the molecule is Oc1cc(I)c(-c2ccccc2)c(-c2ccccc2)c1-c1ccccc1. The Labute approximate surface area is 167 Å².